The molecular weight excluding hydrogens is 220 g/mol. The molecule has 0 aliphatic heterocycles. The number of hydrogen-bond donors (Lipinski definition) is 1. The van der Waals surface area contributed by atoms with Crippen LogP contribution in [0.5, 0.6) is 0 Å². The molecule has 0 saturated carbocycles. The lowest BCUT2D eigenvalue weighted by atomic mass is 10.0. The maximum absolute atomic E-state index is 6.20. The molecule has 0 fully saturated rings. The lowest BCUT2D eigenvalue weighted by Crippen LogP contribution is -2.31. The van der Waals surface area contributed by atoms with Gasteiger partial charge < -0.3 is 10.6 Å². The Morgan fingerprint density at radius 1 is 1.11 bits per heavy atom. The number of nitrogens with two attached hydrogens (primary N) is 1. The van der Waals surface area contributed by atoms with Crippen molar-refractivity contribution in [3.63, 3.8) is 0 Å². The summed E-state index contributed by atoms with van der Waals surface area (Å²) in [5.41, 5.74) is 7.46. The zero-order chi connectivity index (χ0) is 13.4. The molecule has 102 valence electrons. The topological polar surface area (TPSA) is 29.3 Å². The lowest BCUT2D eigenvalue weighted by Gasteiger charge is -2.26. The van der Waals surface area contributed by atoms with Crippen molar-refractivity contribution >= 4 is 0 Å². The van der Waals surface area contributed by atoms with Crippen LogP contribution >= 0.6 is 0 Å². The van der Waals surface area contributed by atoms with E-state index in [1.165, 1.54) is 24.8 Å². The van der Waals surface area contributed by atoms with E-state index >= 15 is 0 Å². The quantitative estimate of drug-likeness (QED) is 0.762. The van der Waals surface area contributed by atoms with Gasteiger partial charge in [0.1, 0.15) is 0 Å². The van der Waals surface area contributed by atoms with Crippen molar-refractivity contribution in [2.24, 2.45) is 5.73 Å². The second kappa shape index (κ2) is 8.28. The standard InChI is InChI=1S/C16H28N2/c1-4-15(5-2)18(3)13-9-12-16(17)14-10-7-6-8-11-14/h6-8,10-11,15-16H,4-5,9,12-13,17H2,1-3H3. The van der Waals surface area contributed by atoms with E-state index in [1.54, 1.807) is 0 Å². The van der Waals surface area contributed by atoms with E-state index in [9.17, 15) is 0 Å². The first-order valence-corrected chi connectivity index (χ1v) is 7.19. The third kappa shape index (κ3) is 4.79. The zero-order valence-corrected chi connectivity index (χ0v) is 12.1. The fraction of sp³-hybridized carbons (Fsp3) is 0.625. The molecule has 2 nitrogen and oxygen atoms in total. The summed E-state index contributed by atoms with van der Waals surface area (Å²) in [6, 6.07) is 11.3. The molecule has 0 aromatic heterocycles. The first kappa shape index (κ1) is 15.2. The second-order valence-electron chi connectivity index (χ2n) is 5.11. The highest BCUT2D eigenvalue weighted by atomic mass is 15.1. The molecule has 1 atom stereocenters. The highest BCUT2D eigenvalue weighted by Gasteiger charge is 2.11. The maximum Gasteiger partial charge on any atom is 0.0295 e. The van der Waals surface area contributed by atoms with Gasteiger partial charge in [-0.3, -0.25) is 0 Å². The van der Waals surface area contributed by atoms with Gasteiger partial charge in [0, 0.05) is 12.1 Å². The third-order valence-corrected chi connectivity index (χ3v) is 3.82. The van der Waals surface area contributed by atoms with Gasteiger partial charge in [0.05, 0.1) is 0 Å². The fourth-order valence-electron chi connectivity index (χ4n) is 2.52. The number of hydrogen-bond acceptors (Lipinski definition) is 2. The highest BCUT2D eigenvalue weighted by Crippen LogP contribution is 2.16. The van der Waals surface area contributed by atoms with Crippen molar-refractivity contribution in [3.05, 3.63) is 35.9 Å². The minimum Gasteiger partial charge on any atom is -0.324 e. The van der Waals surface area contributed by atoms with Gasteiger partial charge in [-0.15, -0.1) is 0 Å². The van der Waals surface area contributed by atoms with E-state index in [0.717, 1.165) is 19.0 Å². The normalized spacial score (nSPS) is 13.2. The van der Waals surface area contributed by atoms with Gasteiger partial charge in [0.2, 0.25) is 0 Å². The Bertz CT molecular complexity index is 306. The monoisotopic (exact) mass is 248 g/mol. The second-order valence-corrected chi connectivity index (χ2v) is 5.11. The van der Waals surface area contributed by atoms with E-state index in [4.69, 9.17) is 5.73 Å². The van der Waals surface area contributed by atoms with Crippen LogP contribution in [0.3, 0.4) is 0 Å². The van der Waals surface area contributed by atoms with Crippen LogP contribution in [-0.2, 0) is 0 Å². The molecule has 2 N–H and O–H groups in total. The van der Waals surface area contributed by atoms with E-state index in [-0.39, 0.29) is 6.04 Å². The van der Waals surface area contributed by atoms with E-state index < -0.39 is 0 Å². The van der Waals surface area contributed by atoms with E-state index in [2.05, 4.69) is 50.1 Å². The van der Waals surface area contributed by atoms with Crippen LogP contribution in [0.25, 0.3) is 0 Å². The first-order valence-electron chi connectivity index (χ1n) is 7.19. The summed E-state index contributed by atoms with van der Waals surface area (Å²) in [5.74, 6) is 0. The largest absolute Gasteiger partial charge is 0.324 e. The van der Waals surface area contributed by atoms with Crippen LogP contribution in [0, 0.1) is 0 Å². The van der Waals surface area contributed by atoms with Gasteiger partial charge in [-0.25, -0.2) is 0 Å². The van der Waals surface area contributed by atoms with E-state index in [0.29, 0.717) is 0 Å². The molecule has 1 aromatic rings. The minimum absolute atomic E-state index is 0.182. The predicted octanol–water partition coefficient (Wildman–Crippen LogP) is 3.59. The van der Waals surface area contributed by atoms with Gasteiger partial charge in [0.15, 0.2) is 0 Å². The number of rotatable bonds is 8. The van der Waals surface area contributed by atoms with Crippen molar-refractivity contribution in [1.29, 1.82) is 0 Å². The van der Waals surface area contributed by atoms with E-state index in [1.807, 2.05) is 6.07 Å². The molecule has 1 rings (SSSR count). The van der Waals surface area contributed by atoms with Crippen molar-refractivity contribution in [1.82, 2.24) is 4.90 Å². The molecule has 1 aromatic carbocycles. The van der Waals surface area contributed by atoms with Crippen LogP contribution in [0.4, 0.5) is 0 Å². The SMILES string of the molecule is CCC(CC)N(C)CCCC(N)c1ccccc1. The number of nitrogens with zero attached hydrogens (tertiary/aromatic N) is 1. The molecule has 2 heteroatoms. The predicted molar refractivity (Wildman–Crippen MR) is 79.6 cm³/mol. The molecule has 0 aliphatic rings. The first-order chi connectivity index (χ1) is 8.69. The summed E-state index contributed by atoms with van der Waals surface area (Å²) in [5, 5.41) is 0. The van der Waals surface area contributed by atoms with Gasteiger partial charge in [-0.05, 0) is 44.8 Å². The zero-order valence-electron chi connectivity index (χ0n) is 12.1. The molecule has 18 heavy (non-hydrogen) atoms. The third-order valence-electron chi connectivity index (χ3n) is 3.82. The summed E-state index contributed by atoms with van der Waals surface area (Å²) in [6.45, 7) is 5.67. The van der Waals surface area contributed by atoms with Gasteiger partial charge in [-0.1, -0.05) is 44.2 Å². The molecular formula is C16H28N2. The van der Waals surface area contributed by atoms with Crippen molar-refractivity contribution in [3.8, 4) is 0 Å². The average Bonchev–Trinajstić information content (AvgIpc) is 2.41. The van der Waals surface area contributed by atoms with Gasteiger partial charge in [0.25, 0.3) is 0 Å². The summed E-state index contributed by atoms with van der Waals surface area (Å²) < 4.78 is 0. The summed E-state index contributed by atoms with van der Waals surface area (Å²) >= 11 is 0. The van der Waals surface area contributed by atoms with Gasteiger partial charge >= 0.3 is 0 Å². The Hall–Kier alpha value is -0.860. The summed E-state index contributed by atoms with van der Waals surface area (Å²) in [4.78, 5) is 2.47. The molecule has 0 radical (unpaired) electrons. The average molecular weight is 248 g/mol. The number of benzene rings is 1. The Labute approximate surface area is 112 Å². The molecule has 0 heterocycles. The van der Waals surface area contributed by atoms with Crippen LogP contribution in [-0.4, -0.2) is 24.5 Å². The van der Waals surface area contributed by atoms with Gasteiger partial charge in [-0.2, -0.15) is 0 Å². The van der Waals surface area contributed by atoms with Crippen LogP contribution < -0.4 is 5.73 Å². The Balaban J connectivity index is 2.29. The van der Waals surface area contributed by atoms with Crippen LogP contribution in [0.15, 0.2) is 30.3 Å². The molecule has 0 spiro atoms. The maximum atomic E-state index is 6.20. The van der Waals surface area contributed by atoms with Crippen molar-refractivity contribution in [2.75, 3.05) is 13.6 Å². The Kier molecular flexibility index (Phi) is 6.99. The fourth-order valence-corrected chi connectivity index (χ4v) is 2.52. The Morgan fingerprint density at radius 3 is 2.28 bits per heavy atom. The molecule has 0 amide bonds. The van der Waals surface area contributed by atoms with Crippen molar-refractivity contribution in [2.45, 2.75) is 51.6 Å². The molecule has 0 saturated heterocycles. The van der Waals surface area contributed by atoms with Crippen molar-refractivity contribution < 1.29 is 0 Å². The highest BCUT2D eigenvalue weighted by molar-refractivity contribution is 5.18. The van der Waals surface area contributed by atoms with Crippen LogP contribution in [0.2, 0.25) is 0 Å². The molecule has 0 aliphatic carbocycles. The van der Waals surface area contributed by atoms with Crippen LogP contribution in [0.1, 0.15) is 51.1 Å². The Morgan fingerprint density at radius 2 is 1.72 bits per heavy atom. The summed E-state index contributed by atoms with van der Waals surface area (Å²) in [6.07, 6.45) is 4.70. The molecule has 1 unspecified atom stereocenters. The molecule has 0 bridgehead atoms. The smallest absolute Gasteiger partial charge is 0.0295 e. The minimum atomic E-state index is 0.182. The summed E-state index contributed by atoms with van der Waals surface area (Å²) in [7, 11) is 2.23. The lowest BCUT2D eigenvalue weighted by molar-refractivity contribution is 0.224.